The Kier molecular flexibility index (Phi) is 15.0. The molecule has 0 aliphatic carbocycles. The van der Waals surface area contributed by atoms with Crippen molar-refractivity contribution in [2.45, 2.75) is 120 Å². The molecule has 2 aliphatic heterocycles. The van der Waals surface area contributed by atoms with E-state index in [-0.39, 0.29) is 12.6 Å². The summed E-state index contributed by atoms with van der Waals surface area (Å²) < 4.78 is 27.6. The van der Waals surface area contributed by atoms with E-state index in [0.717, 1.165) is 32.1 Å². The van der Waals surface area contributed by atoms with Crippen LogP contribution >= 0.6 is 0 Å². The number of hydrogen-bond donors (Lipinski definition) is 7. The maximum absolute atomic E-state index is 12.0. The summed E-state index contributed by atoms with van der Waals surface area (Å²) in [5, 5.41) is 63.1. The SMILES string of the molecule is CCOC(=O)CCCCCCCCO[C@H]1O[C@H](CO)[C@@H](O)[C@H](O[C@@H]2O[C@H](CO)[C@H](O)[C@H](O)[C@H]2O)[C@@H]1NC(C)=O. The van der Waals surface area contributed by atoms with E-state index in [4.69, 9.17) is 23.7 Å². The average Bonchev–Trinajstić information content (AvgIpc) is 2.90. The van der Waals surface area contributed by atoms with Crippen molar-refractivity contribution in [2.75, 3.05) is 26.4 Å². The van der Waals surface area contributed by atoms with Gasteiger partial charge in [0.2, 0.25) is 5.91 Å². The van der Waals surface area contributed by atoms with Crippen LogP contribution in [0.3, 0.4) is 0 Å². The molecule has 14 heteroatoms. The van der Waals surface area contributed by atoms with Gasteiger partial charge in [-0.3, -0.25) is 9.59 Å². The van der Waals surface area contributed by atoms with Crippen LogP contribution in [0.2, 0.25) is 0 Å². The van der Waals surface area contributed by atoms with Crippen molar-refractivity contribution in [2.24, 2.45) is 0 Å². The van der Waals surface area contributed by atoms with E-state index in [0.29, 0.717) is 19.4 Å². The van der Waals surface area contributed by atoms with Crippen LogP contribution in [0.5, 0.6) is 0 Å². The number of aliphatic hydroxyl groups excluding tert-OH is 6. The zero-order valence-electron chi connectivity index (χ0n) is 22.6. The van der Waals surface area contributed by atoms with Gasteiger partial charge in [-0.1, -0.05) is 25.7 Å². The van der Waals surface area contributed by atoms with Gasteiger partial charge in [0, 0.05) is 20.0 Å². The molecule has 0 saturated carbocycles. The van der Waals surface area contributed by atoms with Gasteiger partial charge in [0.25, 0.3) is 0 Å². The lowest BCUT2D eigenvalue weighted by atomic mass is 9.95. The van der Waals surface area contributed by atoms with Gasteiger partial charge in [-0.2, -0.15) is 0 Å². The lowest BCUT2D eigenvalue weighted by molar-refractivity contribution is -0.344. The molecule has 39 heavy (non-hydrogen) atoms. The topological polar surface area (TPSA) is 214 Å². The lowest BCUT2D eigenvalue weighted by Gasteiger charge is -2.47. The van der Waals surface area contributed by atoms with Crippen LogP contribution in [0.25, 0.3) is 0 Å². The first-order chi connectivity index (χ1) is 18.6. The number of ether oxygens (including phenoxy) is 5. The predicted octanol–water partition coefficient (Wildman–Crippen LogP) is -1.94. The van der Waals surface area contributed by atoms with Gasteiger partial charge < -0.3 is 59.6 Å². The van der Waals surface area contributed by atoms with Crippen molar-refractivity contribution < 1.29 is 63.9 Å². The molecule has 0 aromatic carbocycles. The Morgan fingerprint density at radius 2 is 1.38 bits per heavy atom. The molecular formula is C25H45NO13. The minimum absolute atomic E-state index is 0.188. The molecule has 0 aromatic rings. The van der Waals surface area contributed by atoms with Crippen LogP contribution in [0, 0.1) is 0 Å². The van der Waals surface area contributed by atoms with Gasteiger partial charge in [-0.05, 0) is 19.8 Å². The van der Waals surface area contributed by atoms with Crippen molar-refractivity contribution in [3.63, 3.8) is 0 Å². The summed E-state index contributed by atoms with van der Waals surface area (Å²) in [5.74, 6) is -0.677. The molecule has 2 aliphatic rings. The van der Waals surface area contributed by atoms with E-state index >= 15 is 0 Å². The number of aliphatic hydroxyl groups is 6. The summed E-state index contributed by atoms with van der Waals surface area (Å²) in [6.45, 7) is 2.36. The average molecular weight is 568 g/mol. The highest BCUT2D eigenvalue weighted by Gasteiger charge is 2.51. The summed E-state index contributed by atoms with van der Waals surface area (Å²) in [5.41, 5.74) is 0. The molecule has 228 valence electrons. The largest absolute Gasteiger partial charge is 0.466 e. The minimum Gasteiger partial charge on any atom is -0.466 e. The van der Waals surface area contributed by atoms with Gasteiger partial charge >= 0.3 is 5.97 Å². The maximum atomic E-state index is 12.0. The summed E-state index contributed by atoms with van der Waals surface area (Å²) in [4.78, 5) is 23.3. The molecule has 0 aromatic heterocycles. The van der Waals surface area contributed by atoms with E-state index in [9.17, 15) is 40.2 Å². The van der Waals surface area contributed by atoms with Gasteiger partial charge in [-0.15, -0.1) is 0 Å². The highest BCUT2D eigenvalue weighted by Crippen LogP contribution is 2.30. The fourth-order valence-corrected chi connectivity index (χ4v) is 4.61. The van der Waals surface area contributed by atoms with E-state index in [1.165, 1.54) is 6.92 Å². The molecule has 2 saturated heterocycles. The summed E-state index contributed by atoms with van der Waals surface area (Å²) >= 11 is 0. The van der Waals surface area contributed by atoms with Crippen LogP contribution < -0.4 is 5.32 Å². The summed E-state index contributed by atoms with van der Waals surface area (Å²) in [7, 11) is 0. The third kappa shape index (κ3) is 10.1. The Morgan fingerprint density at radius 1 is 0.795 bits per heavy atom. The number of esters is 1. The smallest absolute Gasteiger partial charge is 0.305 e. The highest BCUT2D eigenvalue weighted by molar-refractivity contribution is 5.73. The maximum Gasteiger partial charge on any atom is 0.305 e. The van der Waals surface area contributed by atoms with Crippen molar-refractivity contribution in [1.29, 1.82) is 0 Å². The number of rotatable bonds is 16. The first kappa shape index (κ1) is 33.7. The van der Waals surface area contributed by atoms with E-state index in [1.807, 2.05) is 0 Å². The number of nitrogens with one attached hydrogen (secondary N) is 1. The zero-order chi connectivity index (χ0) is 28.9. The van der Waals surface area contributed by atoms with Crippen molar-refractivity contribution in [3.05, 3.63) is 0 Å². The van der Waals surface area contributed by atoms with Crippen LogP contribution in [0.4, 0.5) is 0 Å². The van der Waals surface area contributed by atoms with Crippen molar-refractivity contribution in [1.82, 2.24) is 5.32 Å². The van der Waals surface area contributed by atoms with Crippen LogP contribution in [0.1, 0.15) is 58.8 Å². The molecule has 0 spiro atoms. The molecule has 2 fully saturated rings. The molecule has 14 nitrogen and oxygen atoms in total. The van der Waals surface area contributed by atoms with Gasteiger partial charge in [-0.25, -0.2) is 0 Å². The van der Waals surface area contributed by atoms with E-state index in [2.05, 4.69) is 5.32 Å². The Bertz CT molecular complexity index is 726. The third-order valence-corrected chi connectivity index (χ3v) is 6.73. The predicted molar refractivity (Wildman–Crippen MR) is 133 cm³/mol. The number of amides is 1. The molecule has 0 unspecified atom stereocenters. The first-order valence-electron chi connectivity index (χ1n) is 13.6. The Morgan fingerprint density at radius 3 is 2.00 bits per heavy atom. The lowest BCUT2D eigenvalue weighted by Crippen LogP contribution is -2.68. The standard InChI is InChI=1S/C25H45NO13/c1-3-35-17(30)10-8-6-4-5-7-9-11-36-24-18(26-14(2)29)23(20(32)16(13-28)37-24)39-25-22(34)21(33)19(31)15(12-27)38-25/h15-16,18-25,27-28,31-34H,3-13H2,1-2H3,(H,26,29)/t15-,16-,18+,19+,20-,21+,22-,23-,24+,25+/m1/s1. The zero-order valence-corrected chi connectivity index (χ0v) is 22.6. The molecular weight excluding hydrogens is 522 g/mol. The fourth-order valence-electron chi connectivity index (χ4n) is 4.61. The fraction of sp³-hybridized carbons (Fsp3) is 0.920. The summed E-state index contributed by atoms with van der Waals surface area (Å²) in [6.07, 6.45) is -7.51. The van der Waals surface area contributed by atoms with Crippen LogP contribution in [-0.4, -0.2) is 130 Å². The number of carbonyl (C=O) groups is 2. The number of carbonyl (C=O) groups excluding carboxylic acids is 2. The Hall–Kier alpha value is -1.46. The highest BCUT2D eigenvalue weighted by atomic mass is 16.7. The molecule has 1 amide bonds. The van der Waals surface area contributed by atoms with Crippen LogP contribution in [-0.2, 0) is 33.3 Å². The van der Waals surface area contributed by atoms with Crippen molar-refractivity contribution >= 4 is 11.9 Å². The normalized spacial score (nSPS) is 35.0. The second-order valence-electron chi connectivity index (χ2n) is 9.79. The minimum atomic E-state index is -1.74. The van der Waals surface area contributed by atoms with Crippen molar-refractivity contribution in [3.8, 4) is 0 Å². The molecule has 10 atom stereocenters. The van der Waals surface area contributed by atoms with Gasteiger partial charge in [0.1, 0.15) is 48.8 Å². The Balaban J connectivity index is 1.94. The molecule has 0 radical (unpaired) electrons. The van der Waals surface area contributed by atoms with E-state index < -0.39 is 80.5 Å². The monoisotopic (exact) mass is 567 g/mol. The van der Waals surface area contributed by atoms with Gasteiger partial charge in [0.05, 0.1) is 19.8 Å². The molecule has 7 N–H and O–H groups in total. The number of unbranched alkanes of at least 4 members (excludes halogenated alkanes) is 5. The third-order valence-electron chi connectivity index (χ3n) is 6.73. The van der Waals surface area contributed by atoms with E-state index in [1.54, 1.807) is 6.92 Å². The first-order valence-corrected chi connectivity index (χ1v) is 13.6. The molecule has 2 heterocycles. The quantitative estimate of drug-likeness (QED) is 0.0800. The second-order valence-corrected chi connectivity index (χ2v) is 9.79. The van der Waals surface area contributed by atoms with Crippen LogP contribution in [0.15, 0.2) is 0 Å². The molecule has 2 rings (SSSR count). The second kappa shape index (κ2) is 17.4. The number of hydrogen-bond acceptors (Lipinski definition) is 13. The summed E-state index contributed by atoms with van der Waals surface area (Å²) in [6, 6.07) is -1.09. The Labute approximate surface area is 228 Å². The van der Waals surface area contributed by atoms with Gasteiger partial charge in [0.15, 0.2) is 12.6 Å². The molecule has 0 bridgehead atoms.